The number of rotatable bonds is 6. The normalized spacial score (nSPS) is 10.7. The zero-order chi connectivity index (χ0) is 13.5. The second-order valence-corrected chi connectivity index (χ2v) is 5.39. The van der Waals surface area contributed by atoms with E-state index in [-0.39, 0.29) is 5.97 Å². The highest BCUT2D eigenvalue weighted by molar-refractivity contribution is 9.10. The van der Waals surface area contributed by atoms with E-state index < -0.39 is 0 Å². The minimum Gasteiger partial charge on any atom is -0.465 e. The van der Waals surface area contributed by atoms with Crippen molar-refractivity contribution in [3.63, 3.8) is 0 Å². The van der Waals surface area contributed by atoms with E-state index in [4.69, 9.17) is 4.74 Å². The molecule has 0 aliphatic carbocycles. The molecule has 4 heteroatoms. The quantitative estimate of drug-likeness (QED) is 0.592. The van der Waals surface area contributed by atoms with Crippen molar-refractivity contribution in [2.75, 3.05) is 13.7 Å². The zero-order valence-corrected chi connectivity index (χ0v) is 12.6. The lowest BCUT2D eigenvalue weighted by Gasteiger charge is -2.09. The molecule has 0 amide bonds. The number of carbonyl (C=O) groups is 1. The predicted octanol–water partition coefficient (Wildman–Crippen LogP) is 3.80. The summed E-state index contributed by atoms with van der Waals surface area (Å²) in [4.78, 5) is 11.3. The van der Waals surface area contributed by atoms with Gasteiger partial charge in [-0.2, -0.15) is 0 Å². The Morgan fingerprint density at radius 2 is 2.11 bits per heavy atom. The number of hydrogen-bond donors (Lipinski definition) is 0. The maximum absolute atomic E-state index is 11.3. The molecule has 18 heavy (non-hydrogen) atoms. The summed E-state index contributed by atoms with van der Waals surface area (Å²) in [5.41, 5.74) is 1.57. The van der Waals surface area contributed by atoms with Gasteiger partial charge in [-0.05, 0) is 30.0 Å². The van der Waals surface area contributed by atoms with E-state index >= 15 is 0 Å². The van der Waals surface area contributed by atoms with Crippen LogP contribution in [0.5, 0.6) is 0 Å². The van der Waals surface area contributed by atoms with Crippen molar-refractivity contribution in [2.24, 2.45) is 5.92 Å². The Labute approximate surface area is 117 Å². The molecule has 0 aliphatic heterocycles. The Kier molecular flexibility index (Phi) is 6.36. The second-order valence-electron chi connectivity index (χ2n) is 4.53. The van der Waals surface area contributed by atoms with Gasteiger partial charge in [-0.15, -0.1) is 0 Å². The van der Waals surface area contributed by atoms with Gasteiger partial charge in [0.05, 0.1) is 19.3 Å². The molecular weight excluding hydrogens is 296 g/mol. The van der Waals surface area contributed by atoms with E-state index in [0.29, 0.717) is 18.1 Å². The van der Waals surface area contributed by atoms with Crippen LogP contribution in [0.2, 0.25) is 0 Å². The fourth-order valence-corrected chi connectivity index (χ4v) is 1.90. The summed E-state index contributed by atoms with van der Waals surface area (Å²) in [5.74, 6) is 0.318. The van der Waals surface area contributed by atoms with E-state index in [0.717, 1.165) is 23.1 Å². The summed E-state index contributed by atoms with van der Waals surface area (Å²) in [6.45, 7) is 5.65. The molecule has 1 rings (SSSR count). The van der Waals surface area contributed by atoms with Crippen LogP contribution in [0.1, 0.15) is 36.2 Å². The molecule has 0 saturated carbocycles. The highest BCUT2D eigenvalue weighted by atomic mass is 79.9. The summed E-state index contributed by atoms with van der Waals surface area (Å²) < 4.78 is 11.1. The van der Waals surface area contributed by atoms with Gasteiger partial charge in [-0.1, -0.05) is 35.8 Å². The van der Waals surface area contributed by atoms with E-state index in [2.05, 4.69) is 34.5 Å². The largest absolute Gasteiger partial charge is 0.465 e. The summed E-state index contributed by atoms with van der Waals surface area (Å²) in [7, 11) is 1.37. The highest BCUT2D eigenvalue weighted by Gasteiger charge is 2.08. The molecule has 0 aromatic heterocycles. The molecule has 0 N–H and O–H groups in total. The van der Waals surface area contributed by atoms with Crippen LogP contribution in [0.15, 0.2) is 22.7 Å². The first kappa shape index (κ1) is 15.2. The molecule has 0 atom stereocenters. The van der Waals surface area contributed by atoms with Gasteiger partial charge in [0.2, 0.25) is 0 Å². The molecule has 0 aliphatic rings. The van der Waals surface area contributed by atoms with Gasteiger partial charge in [0.15, 0.2) is 0 Å². The average Bonchev–Trinajstić information content (AvgIpc) is 2.34. The SMILES string of the molecule is COC(=O)c1ccc(COCCC(C)C)c(Br)c1. The summed E-state index contributed by atoms with van der Waals surface area (Å²) in [6.07, 6.45) is 1.05. The minimum atomic E-state index is -0.331. The topological polar surface area (TPSA) is 35.5 Å². The monoisotopic (exact) mass is 314 g/mol. The molecule has 0 saturated heterocycles. The van der Waals surface area contributed by atoms with Gasteiger partial charge in [-0.25, -0.2) is 4.79 Å². The molecule has 0 spiro atoms. The fourth-order valence-electron chi connectivity index (χ4n) is 1.41. The molecule has 0 radical (unpaired) electrons. The Bertz CT molecular complexity index is 402. The lowest BCUT2D eigenvalue weighted by Crippen LogP contribution is -2.03. The van der Waals surface area contributed by atoms with Crippen molar-refractivity contribution in [3.8, 4) is 0 Å². The van der Waals surface area contributed by atoms with Gasteiger partial charge in [0.1, 0.15) is 0 Å². The van der Waals surface area contributed by atoms with Crippen LogP contribution in [0.25, 0.3) is 0 Å². The molecule has 3 nitrogen and oxygen atoms in total. The van der Waals surface area contributed by atoms with E-state index in [1.807, 2.05) is 6.07 Å². The van der Waals surface area contributed by atoms with Crippen molar-refractivity contribution >= 4 is 21.9 Å². The number of ether oxygens (including phenoxy) is 2. The van der Waals surface area contributed by atoms with Crippen LogP contribution in [0.3, 0.4) is 0 Å². The van der Waals surface area contributed by atoms with Gasteiger partial charge >= 0.3 is 5.97 Å². The first-order valence-corrected chi connectivity index (χ1v) is 6.78. The third kappa shape index (κ3) is 4.78. The number of carbonyl (C=O) groups excluding carboxylic acids is 1. The first-order chi connectivity index (χ1) is 8.54. The van der Waals surface area contributed by atoms with Crippen molar-refractivity contribution in [2.45, 2.75) is 26.9 Å². The molecule has 0 fully saturated rings. The van der Waals surface area contributed by atoms with E-state index in [9.17, 15) is 4.79 Å². The number of methoxy groups -OCH3 is 1. The van der Waals surface area contributed by atoms with Gasteiger partial charge < -0.3 is 9.47 Å². The zero-order valence-electron chi connectivity index (χ0n) is 11.0. The van der Waals surface area contributed by atoms with Gasteiger partial charge in [0, 0.05) is 11.1 Å². The maximum atomic E-state index is 11.3. The minimum absolute atomic E-state index is 0.331. The second kappa shape index (κ2) is 7.54. The number of benzene rings is 1. The lowest BCUT2D eigenvalue weighted by molar-refractivity contribution is 0.0600. The van der Waals surface area contributed by atoms with Crippen LogP contribution in [-0.4, -0.2) is 19.7 Å². The van der Waals surface area contributed by atoms with Crippen LogP contribution in [0.4, 0.5) is 0 Å². The third-order valence-electron chi connectivity index (χ3n) is 2.57. The van der Waals surface area contributed by atoms with Crippen molar-refractivity contribution in [3.05, 3.63) is 33.8 Å². The molecule has 1 aromatic carbocycles. The first-order valence-electron chi connectivity index (χ1n) is 5.99. The summed E-state index contributed by atoms with van der Waals surface area (Å²) in [5, 5.41) is 0. The van der Waals surface area contributed by atoms with E-state index in [1.165, 1.54) is 7.11 Å². The number of esters is 1. The standard InChI is InChI=1S/C14H19BrO3/c1-10(2)6-7-18-9-12-5-4-11(8-13(12)15)14(16)17-3/h4-5,8,10H,6-7,9H2,1-3H3. The Morgan fingerprint density at radius 3 is 2.67 bits per heavy atom. The molecule has 0 bridgehead atoms. The maximum Gasteiger partial charge on any atom is 0.337 e. The smallest absolute Gasteiger partial charge is 0.337 e. The van der Waals surface area contributed by atoms with Crippen LogP contribution >= 0.6 is 15.9 Å². The molecule has 0 heterocycles. The van der Waals surface area contributed by atoms with Gasteiger partial charge in [0.25, 0.3) is 0 Å². The van der Waals surface area contributed by atoms with Gasteiger partial charge in [-0.3, -0.25) is 0 Å². The fraction of sp³-hybridized carbons (Fsp3) is 0.500. The van der Waals surface area contributed by atoms with Crippen molar-refractivity contribution in [1.29, 1.82) is 0 Å². The van der Waals surface area contributed by atoms with Crippen LogP contribution in [0, 0.1) is 5.92 Å². The predicted molar refractivity (Wildman–Crippen MR) is 74.6 cm³/mol. The third-order valence-corrected chi connectivity index (χ3v) is 3.31. The Hall–Kier alpha value is -0.870. The average molecular weight is 315 g/mol. The number of halogens is 1. The molecular formula is C14H19BrO3. The summed E-state index contributed by atoms with van der Waals surface area (Å²) >= 11 is 3.44. The van der Waals surface area contributed by atoms with Crippen LogP contribution in [-0.2, 0) is 16.1 Å². The Morgan fingerprint density at radius 1 is 1.39 bits per heavy atom. The summed E-state index contributed by atoms with van der Waals surface area (Å²) in [6, 6.07) is 5.39. The van der Waals surface area contributed by atoms with E-state index in [1.54, 1.807) is 12.1 Å². The molecule has 0 unspecified atom stereocenters. The lowest BCUT2D eigenvalue weighted by atomic mass is 10.1. The van der Waals surface area contributed by atoms with Crippen LogP contribution < -0.4 is 0 Å². The highest BCUT2D eigenvalue weighted by Crippen LogP contribution is 2.20. The van der Waals surface area contributed by atoms with Crippen molar-refractivity contribution < 1.29 is 14.3 Å². The van der Waals surface area contributed by atoms with Crippen molar-refractivity contribution in [1.82, 2.24) is 0 Å². The molecule has 100 valence electrons. The molecule has 1 aromatic rings. The Balaban J connectivity index is 2.55. The number of hydrogen-bond acceptors (Lipinski definition) is 3.